The Balaban J connectivity index is 0.00000484. The van der Waals surface area contributed by atoms with Gasteiger partial charge in [-0.05, 0) is 24.5 Å². The first-order valence-electron chi connectivity index (χ1n) is 8.59. The molecule has 128 valence electrons. The predicted molar refractivity (Wildman–Crippen MR) is 95.7 cm³/mol. The number of aryl methyl sites for hydroxylation is 1. The van der Waals surface area contributed by atoms with Gasteiger partial charge in [-0.2, -0.15) is 0 Å². The topological polar surface area (TPSA) is 57.2 Å². The molecule has 0 amide bonds. The zero-order valence-electron chi connectivity index (χ0n) is 14.4. The third-order valence-electron chi connectivity index (χ3n) is 4.04. The van der Waals surface area contributed by atoms with Gasteiger partial charge in [-0.1, -0.05) is 82.9 Å². The van der Waals surface area contributed by atoms with Crippen LogP contribution in [-0.4, -0.2) is 61.9 Å². The predicted octanol–water partition coefficient (Wildman–Crippen LogP) is 4.67. The summed E-state index contributed by atoms with van der Waals surface area (Å²) in [4.78, 5) is -0.0501. The minimum atomic E-state index is -4.35. The monoisotopic (exact) mass is 463 g/mol. The molecule has 0 spiro atoms. The van der Waals surface area contributed by atoms with E-state index >= 15 is 0 Å². The molecule has 0 heterocycles. The Morgan fingerprint density at radius 2 is 1.30 bits per heavy atom. The van der Waals surface area contributed by atoms with E-state index in [2.05, 4.69) is 6.92 Å². The van der Waals surface area contributed by atoms with Crippen LogP contribution in [0.15, 0.2) is 29.2 Å². The van der Waals surface area contributed by atoms with E-state index < -0.39 is 10.1 Å². The van der Waals surface area contributed by atoms with Gasteiger partial charge < -0.3 is 4.55 Å². The first-order chi connectivity index (χ1) is 10.6. The first-order valence-corrected chi connectivity index (χ1v) is 10.0. The van der Waals surface area contributed by atoms with Crippen LogP contribution in [0.3, 0.4) is 0 Å². The fraction of sp³-hybridized carbons (Fsp3) is 0.667. The van der Waals surface area contributed by atoms with Crippen LogP contribution in [-0.2, 0) is 16.5 Å². The van der Waals surface area contributed by atoms with Crippen molar-refractivity contribution in [3.05, 3.63) is 29.8 Å². The van der Waals surface area contributed by atoms with Gasteiger partial charge in [0, 0.05) is 48.9 Å². The van der Waals surface area contributed by atoms with Gasteiger partial charge in [-0.3, -0.25) is 0 Å². The standard InChI is InChI=1S/C18H30O3S.Ba/c1-2-3-4-5-6-7-8-9-10-11-14-17-15-12-13-16-18(17)22(19,20)21;/h12-13,15-16H,2-11,14H2,1H3,(H,19,20,21);/p-1. The third-order valence-corrected chi connectivity index (χ3v) is 4.98. The third kappa shape index (κ3) is 11.0. The Morgan fingerprint density at radius 3 is 1.83 bits per heavy atom. The van der Waals surface area contributed by atoms with Crippen LogP contribution in [0.25, 0.3) is 0 Å². The zero-order chi connectivity index (χ0) is 16.3. The maximum Gasteiger partial charge on any atom is 0.124 e. The average molecular weight is 463 g/mol. The van der Waals surface area contributed by atoms with Crippen LogP contribution in [0.4, 0.5) is 0 Å². The molecule has 1 aromatic carbocycles. The molecule has 5 heteroatoms. The summed E-state index contributed by atoms with van der Waals surface area (Å²) in [5.74, 6) is 0. The molecule has 2 radical (unpaired) electrons. The summed E-state index contributed by atoms with van der Waals surface area (Å²) >= 11 is 0. The van der Waals surface area contributed by atoms with Crippen molar-refractivity contribution in [1.29, 1.82) is 0 Å². The molecule has 0 atom stereocenters. The van der Waals surface area contributed by atoms with E-state index in [4.69, 9.17) is 0 Å². The number of hydrogen-bond donors (Lipinski definition) is 0. The van der Waals surface area contributed by atoms with Crippen molar-refractivity contribution in [3.63, 3.8) is 0 Å². The van der Waals surface area contributed by atoms with E-state index in [1.54, 1.807) is 18.2 Å². The normalized spacial score (nSPS) is 11.2. The summed E-state index contributed by atoms with van der Waals surface area (Å²) in [6.07, 6.45) is 13.2. The molecule has 1 rings (SSSR count). The van der Waals surface area contributed by atoms with E-state index in [9.17, 15) is 13.0 Å². The van der Waals surface area contributed by atoms with Crippen molar-refractivity contribution in [3.8, 4) is 0 Å². The number of hydrogen-bond acceptors (Lipinski definition) is 3. The molecule has 3 nitrogen and oxygen atoms in total. The van der Waals surface area contributed by atoms with E-state index in [-0.39, 0.29) is 53.8 Å². The fourth-order valence-electron chi connectivity index (χ4n) is 2.76. The van der Waals surface area contributed by atoms with Crippen molar-refractivity contribution in [1.82, 2.24) is 0 Å². The molecule has 0 saturated heterocycles. The fourth-order valence-corrected chi connectivity index (χ4v) is 3.49. The van der Waals surface area contributed by atoms with Crippen LogP contribution in [0.5, 0.6) is 0 Å². The molecule has 0 fully saturated rings. The van der Waals surface area contributed by atoms with Gasteiger partial charge >= 0.3 is 0 Å². The van der Waals surface area contributed by atoms with E-state index in [1.165, 1.54) is 57.4 Å². The molecule has 0 aromatic heterocycles. The molecule has 0 aliphatic carbocycles. The van der Waals surface area contributed by atoms with Crippen LogP contribution >= 0.6 is 0 Å². The summed E-state index contributed by atoms with van der Waals surface area (Å²) in [6, 6.07) is 6.56. The zero-order valence-corrected chi connectivity index (χ0v) is 19.7. The molecule has 0 aliphatic heterocycles. The summed E-state index contributed by atoms with van der Waals surface area (Å²) < 4.78 is 33.5. The molecule has 0 bridgehead atoms. The van der Waals surface area contributed by atoms with E-state index in [0.29, 0.717) is 12.0 Å². The SMILES string of the molecule is CCCCCCCCCCCCc1ccccc1S(=O)(=O)[O-].[Ba]. The number of rotatable bonds is 12. The van der Waals surface area contributed by atoms with Crippen molar-refractivity contribution >= 4 is 59.0 Å². The molecular formula is C18H29BaO3S-. The van der Waals surface area contributed by atoms with E-state index in [1.807, 2.05) is 0 Å². The number of unbranched alkanes of at least 4 members (excludes halogenated alkanes) is 9. The van der Waals surface area contributed by atoms with Crippen molar-refractivity contribution in [2.24, 2.45) is 0 Å². The van der Waals surface area contributed by atoms with Crippen molar-refractivity contribution < 1.29 is 13.0 Å². The molecule has 1 aromatic rings. The minimum absolute atomic E-state index is 0. The van der Waals surface area contributed by atoms with Gasteiger partial charge in [-0.15, -0.1) is 0 Å². The summed E-state index contributed by atoms with van der Waals surface area (Å²) in [6.45, 7) is 2.23. The summed E-state index contributed by atoms with van der Waals surface area (Å²) in [5, 5.41) is 0. The van der Waals surface area contributed by atoms with Crippen LogP contribution in [0.1, 0.15) is 76.7 Å². The van der Waals surface area contributed by atoms with E-state index in [0.717, 1.165) is 12.8 Å². The Kier molecular flexibility index (Phi) is 14.4. The van der Waals surface area contributed by atoms with Crippen LogP contribution < -0.4 is 0 Å². The van der Waals surface area contributed by atoms with Gasteiger partial charge in [0.25, 0.3) is 0 Å². The Bertz CT molecular complexity index is 515. The smallest absolute Gasteiger partial charge is 0.124 e. The Hall–Kier alpha value is 0.701. The number of benzene rings is 1. The van der Waals surface area contributed by atoms with Gasteiger partial charge in [0.05, 0.1) is 4.90 Å². The van der Waals surface area contributed by atoms with Gasteiger partial charge in [-0.25, -0.2) is 8.42 Å². The second-order valence-electron chi connectivity index (χ2n) is 5.99. The van der Waals surface area contributed by atoms with Crippen molar-refractivity contribution in [2.45, 2.75) is 82.4 Å². The minimum Gasteiger partial charge on any atom is -0.744 e. The molecule has 0 N–H and O–H groups in total. The first kappa shape index (κ1) is 23.7. The molecular weight excluding hydrogens is 434 g/mol. The molecule has 0 unspecified atom stereocenters. The molecule has 0 aliphatic rings. The maximum absolute atomic E-state index is 11.2. The Labute approximate surface area is 182 Å². The van der Waals surface area contributed by atoms with Crippen LogP contribution in [0, 0.1) is 0 Å². The summed E-state index contributed by atoms with van der Waals surface area (Å²) in [7, 11) is -4.35. The summed E-state index contributed by atoms with van der Waals surface area (Å²) in [5.41, 5.74) is 0.664. The maximum atomic E-state index is 11.2. The van der Waals surface area contributed by atoms with Crippen molar-refractivity contribution in [2.75, 3.05) is 0 Å². The molecule has 0 saturated carbocycles. The van der Waals surface area contributed by atoms with Crippen LogP contribution in [0.2, 0.25) is 0 Å². The Morgan fingerprint density at radius 1 is 0.826 bits per heavy atom. The largest absolute Gasteiger partial charge is 0.744 e. The van der Waals surface area contributed by atoms with Gasteiger partial charge in [0.15, 0.2) is 0 Å². The van der Waals surface area contributed by atoms with Gasteiger partial charge in [0.1, 0.15) is 10.1 Å². The second kappa shape index (κ2) is 13.9. The molecule has 23 heavy (non-hydrogen) atoms. The second-order valence-corrected chi connectivity index (χ2v) is 7.34. The quantitative estimate of drug-likeness (QED) is 0.257. The average Bonchev–Trinajstić information content (AvgIpc) is 2.48. The van der Waals surface area contributed by atoms with Gasteiger partial charge in [0.2, 0.25) is 0 Å².